The number of rotatable bonds is 4. The Hall–Kier alpha value is -0.290. The Bertz CT molecular complexity index is 406. The maximum atomic E-state index is 10.9. The van der Waals surface area contributed by atoms with Crippen LogP contribution < -0.4 is 5.73 Å². The molecule has 90 valence electrons. The van der Waals surface area contributed by atoms with Gasteiger partial charge in [-0.25, -0.2) is 0 Å². The van der Waals surface area contributed by atoms with Crippen LogP contribution in [0.5, 0.6) is 0 Å². The fraction of sp³-hybridized carbons (Fsp3) is 0.500. The molecule has 0 aliphatic rings. The van der Waals surface area contributed by atoms with Gasteiger partial charge in [0.05, 0.1) is 15.1 Å². The van der Waals surface area contributed by atoms with E-state index in [9.17, 15) is 4.79 Å². The van der Waals surface area contributed by atoms with E-state index in [1.165, 1.54) is 11.3 Å². The van der Waals surface area contributed by atoms with Gasteiger partial charge in [0.2, 0.25) is 0 Å². The number of thiophene rings is 1. The summed E-state index contributed by atoms with van der Waals surface area (Å²) in [4.78, 5) is 10.9. The van der Waals surface area contributed by atoms with Crippen molar-refractivity contribution < 1.29 is 9.90 Å². The van der Waals surface area contributed by atoms with Crippen LogP contribution >= 0.6 is 34.5 Å². The Kier molecular flexibility index (Phi) is 4.23. The van der Waals surface area contributed by atoms with Crippen molar-refractivity contribution >= 4 is 40.5 Å². The molecule has 6 heteroatoms. The predicted molar refractivity (Wildman–Crippen MR) is 67.6 cm³/mol. The molecule has 0 radical (unpaired) electrons. The van der Waals surface area contributed by atoms with Gasteiger partial charge in [-0.2, -0.15) is 0 Å². The van der Waals surface area contributed by atoms with Gasteiger partial charge in [-0.1, -0.05) is 30.1 Å². The number of carboxylic acids is 1. The van der Waals surface area contributed by atoms with Gasteiger partial charge in [-0.05, 0) is 18.6 Å². The molecule has 1 aromatic heterocycles. The molecule has 0 aliphatic heterocycles. The second-order valence-corrected chi connectivity index (χ2v) is 6.30. The molecule has 2 atom stereocenters. The summed E-state index contributed by atoms with van der Waals surface area (Å²) in [7, 11) is 0. The van der Waals surface area contributed by atoms with Crippen LogP contribution in [0.25, 0.3) is 0 Å². The molecule has 0 bridgehead atoms. The van der Waals surface area contributed by atoms with Crippen LogP contribution in [0.15, 0.2) is 6.07 Å². The molecule has 0 aromatic carbocycles. The Labute approximate surface area is 108 Å². The van der Waals surface area contributed by atoms with Gasteiger partial charge in [0.25, 0.3) is 0 Å². The molecule has 16 heavy (non-hydrogen) atoms. The third-order valence-corrected chi connectivity index (χ3v) is 4.28. The summed E-state index contributed by atoms with van der Waals surface area (Å²) in [5.41, 5.74) is 5.88. The molecule has 3 N–H and O–H groups in total. The van der Waals surface area contributed by atoms with E-state index in [-0.39, 0.29) is 12.5 Å². The van der Waals surface area contributed by atoms with Crippen LogP contribution in [0.3, 0.4) is 0 Å². The highest BCUT2D eigenvalue weighted by Gasteiger charge is 2.36. The van der Waals surface area contributed by atoms with Crippen LogP contribution in [0.4, 0.5) is 0 Å². The van der Waals surface area contributed by atoms with Gasteiger partial charge in [0, 0.05) is 11.5 Å². The summed E-state index contributed by atoms with van der Waals surface area (Å²) < 4.78 is 1.04. The van der Waals surface area contributed by atoms with Gasteiger partial charge in [-0.3, -0.25) is 4.79 Å². The van der Waals surface area contributed by atoms with E-state index in [1.54, 1.807) is 19.9 Å². The Morgan fingerprint density at radius 1 is 1.69 bits per heavy atom. The van der Waals surface area contributed by atoms with Crippen molar-refractivity contribution in [1.82, 2.24) is 0 Å². The van der Waals surface area contributed by atoms with Gasteiger partial charge in [0.1, 0.15) is 0 Å². The molecule has 1 heterocycles. The minimum Gasteiger partial charge on any atom is -0.481 e. The summed E-state index contributed by atoms with van der Waals surface area (Å²) in [6.45, 7) is 3.56. The van der Waals surface area contributed by atoms with Crippen molar-refractivity contribution in [3.63, 3.8) is 0 Å². The third kappa shape index (κ3) is 2.69. The Morgan fingerprint density at radius 2 is 2.25 bits per heavy atom. The molecular weight excluding hydrogens is 269 g/mol. The number of carboxylic acid groups (broad SMARTS) is 1. The van der Waals surface area contributed by atoms with Crippen molar-refractivity contribution in [2.24, 2.45) is 5.73 Å². The second kappa shape index (κ2) is 4.92. The number of halogens is 2. The number of carbonyl (C=O) groups is 1. The highest BCUT2D eigenvalue weighted by molar-refractivity contribution is 7.20. The molecule has 0 amide bonds. The second-order valence-electron chi connectivity index (χ2n) is 4.01. The number of hydrogen-bond donors (Lipinski definition) is 2. The lowest BCUT2D eigenvalue weighted by Crippen LogP contribution is -2.42. The third-order valence-electron chi connectivity index (χ3n) is 2.80. The average molecular weight is 282 g/mol. The summed E-state index contributed by atoms with van der Waals surface area (Å²) in [5.74, 6) is -0.904. The Morgan fingerprint density at radius 3 is 2.56 bits per heavy atom. The summed E-state index contributed by atoms with van der Waals surface area (Å²) in [6.07, 6.45) is -0.0720. The monoisotopic (exact) mass is 281 g/mol. The molecule has 0 aliphatic carbocycles. The van der Waals surface area contributed by atoms with Crippen molar-refractivity contribution in [2.75, 3.05) is 0 Å². The van der Waals surface area contributed by atoms with Gasteiger partial charge in [0.15, 0.2) is 0 Å². The molecule has 0 fully saturated rings. The van der Waals surface area contributed by atoms with E-state index < -0.39 is 11.4 Å². The lowest BCUT2D eigenvalue weighted by molar-refractivity contribution is -0.138. The average Bonchev–Trinajstić information content (AvgIpc) is 2.44. The quantitative estimate of drug-likeness (QED) is 0.891. The minimum absolute atomic E-state index is 0.0720. The first-order valence-corrected chi connectivity index (χ1v) is 6.27. The van der Waals surface area contributed by atoms with Crippen molar-refractivity contribution in [3.05, 3.63) is 20.3 Å². The van der Waals surface area contributed by atoms with E-state index in [2.05, 4.69) is 0 Å². The molecule has 1 aromatic rings. The number of hydrogen-bond acceptors (Lipinski definition) is 3. The zero-order valence-electron chi connectivity index (χ0n) is 8.96. The van der Waals surface area contributed by atoms with Crippen LogP contribution in [-0.2, 0) is 10.2 Å². The highest BCUT2D eigenvalue weighted by atomic mass is 35.5. The van der Waals surface area contributed by atoms with Crippen LogP contribution in [0.2, 0.25) is 8.67 Å². The molecule has 3 nitrogen and oxygen atoms in total. The standard InChI is InChI=1S/C10H13Cl2NO2S/c1-5(13)10(2,4-8(14)15)6-3-7(11)16-9(6)12/h3,5H,4,13H2,1-2H3,(H,14,15). The van der Waals surface area contributed by atoms with E-state index in [1.807, 2.05) is 0 Å². The normalized spacial score (nSPS) is 16.8. The first-order chi connectivity index (χ1) is 7.27. The van der Waals surface area contributed by atoms with Gasteiger partial charge < -0.3 is 10.8 Å². The lowest BCUT2D eigenvalue weighted by atomic mass is 9.75. The molecule has 2 unspecified atom stereocenters. The maximum Gasteiger partial charge on any atom is 0.304 e. The summed E-state index contributed by atoms with van der Waals surface area (Å²) in [5, 5.41) is 8.93. The molecule has 0 saturated heterocycles. The number of nitrogens with two attached hydrogens (primary N) is 1. The predicted octanol–water partition coefficient (Wildman–Crippen LogP) is 3.13. The van der Waals surface area contributed by atoms with Crippen LogP contribution in [-0.4, -0.2) is 17.1 Å². The lowest BCUT2D eigenvalue weighted by Gasteiger charge is -2.31. The molecular formula is C10H13Cl2NO2S. The Balaban J connectivity index is 3.21. The van der Waals surface area contributed by atoms with Crippen molar-refractivity contribution in [2.45, 2.75) is 31.7 Å². The topological polar surface area (TPSA) is 63.3 Å². The van der Waals surface area contributed by atoms with Crippen LogP contribution in [0, 0.1) is 0 Å². The van der Waals surface area contributed by atoms with Crippen LogP contribution in [0.1, 0.15) is 25.8 Å². The first kappa shape index (κ1) is 13.8. The molecule has 0 saturated carbocycles. The minimum atomic E-state index is -0.904. The summed E-state index contributed by atoms with van der Waals surface area (Å²) >= 11 is 13.1. The zero-order chi connectivity index (χ0) is 12.5. The molecule has 0 spiro atoms. The van der Waals surface area contributed by atoms with E-state index >= 15 is 0 Å². The largest absolute Gasteiger partial charge is 0.481 e. The maximum absolute atomic E-state index is 10.9. The van der Waals surface area contributed by atoms with E-state index in [0.717, 1.165) is 0 Å². The fourth-order valence-electron chi connectivity index (χ4n) is 1.55. The van der Waals surface area contributed by atoms with Crippen molar-refractivity contribution in [1.29, 1.82) is 0 Å². The van der Waals surface area contributed by atoms with E-state index in [4.69, 9.17) is 34.0 Å². The fourth-order valence-corrected chi connectivity index (χ4v) is 3.27. The van der Waals surface area contributed by atoms with E-state index in [0.29, 0.717) is 14.2 Å². The van der Waals surface area contributed by atoms with Gasteiger partial charge >= 0.3 is 5.97 Å². The SMILES string of the molecule is CC(N)C(C)(CC(=O)O)c1cc(Cl)sc1Cl. The first-order valence-electron chi connectivity index (χ1n) is 4.70. The zero-order valence-corrected chi connectivity index (χ0v) is 11.3. The smallest absolute Gasteiger partial charge is 0.304 e. The summed E-state index contributed by atoms with van der Waals surface area (Å²) in [6, 6.07) is 1.37. The van der Waals surface area contributed by atoms with Crippen molar-refractivity contribution in [3.8, 4) is 0 Å². The molecule has 1 rings (SSSR count). The number of aliphatic carboxylic acids is 1. The highest BCUT2D eigenvalue weighted by Crippen LogP contribution is 2.41. The van der Waals surface area contributed by atoms with Gasteiger partial charge in [-0.15, -0.1) is 11.3 Å².